The topological polar surface area (TPSA) is 132 Å². The maximum atomic E-state index is 10.5. The van der Waals surface area contributed by atoms with Gasteiger partial charge in [0, 0.05) is 0 Å². The monoisotopic (exact) mass is 162 g/mol. The largest absolute Gasteiger partial charge is 0.367 e. The number of rotatable bonds is 2. The molecule has 0 aromatic carbocycles. The summed E-state index contributed by atoms with van der Waals surface area (Å²) in [5, 5.41) is 3.80. The van der Waals surface area contributed by atoms with E-state index in [1.54, 1.807) is 5.43 Å². The Hall–Kier alpha value is -1.70. The van der Waals surface area contributed by atoms with Crippen LogP contribution in [0.25, 0.3) is 0 Å². The van der Waals surface area contributed by atoms with E-state index in [9.17, 15) is 4.79 Å². The molecule has 11 heavy (non-hydrogen) atoms. The average molecular weight is 162 g/mol. The number of amides is 2. The van der Waals surface area contributed by atoms with Crippen LogP contribution in [0.2, 0.25) is 0 Å². The number of nitrogens with two attached hydrogens (primary N) is 3. The van der Waals surface area contributed by atoms with Crippen LogP contribution < -0.4 is 22.7 Å². The Labute approximate surface area is 62.8 Å². The summed E-state index contributed by atoms with van der Waals surface area (Å²) in [5.74, 6) is 4.46. The highest BCUT2D eigenvalue weighted by atomic mass is 16.8. The number of guanidine groups is 1. The molecular weight excluding hydrogens is 152 g/mol. The lowest BCUT2D eigenvalue weighted by atomic mass is 11.0. The Morgan fingerprint density at radius 3 is 2.55 bits per heavy atom. The van der Waals surface area contributed by atoms with Crippen molar-refractivity contribution >= 4 is 12.0 Å². The molecule has 0 rings (SSSR count). The van der Waals surface area contributed by atoms with Crippen LogP contribution in [0.4, 0.5) is 4.79 Å². The Bertz CT molecular complexity index is 163. The fourth-order valence-electron chi connectivity index (χ4n) is 0.236. The SMILES string of the molecule is CN(ON=C(N)N)C(=O)NN. The van der Waals surface area contributed by atoms with Gasteiger partial charge in [0.2, 0.25) is 5.96 Å². The standard InChI is InChI=1S/C3H10N6O2/c1-9(3(10)7-6)11-8-2(4)5/h6H2,1H3,(H,7,10)(H4,4,5,8). The van der Waals surface area contributed by atoms with E-state index in [4.69, 9.17) is 17.3 Å². The number of carbonyl (C=O) groups excluding carboxylic acids is 1. The lowest BCUT2D eigenvalue weighted by Gasteiger charge is -2.10. The van der Waals surface area contributed by atoms with Gasteiger partial charge in [-0.15, -0.1) is 5.06 Å². The average Bonchev–Trinajstić information content (AvgIpc) is 1.98. The zero-order valence-electron chi connectivity index (χ0n) is 5.94. The highest BCUT2D eigenvalue weighted by Crippen LogP contribution is 1.84. The van der Waals surface area contributed by atoms with Crippen molar-refractivity contribution in [3.63, 3.8) is 0 Å². The molecule has 0 atom stereocenters. The Morgan fingerprint density at radius 2 is 2.18 bits per heavy atom. The van der Waals surface area contributed by atoms with E-state index in [0.717, 1.165) is 5.06 Å². The second-order valence-corrected chi connectivity index (χ2v) is 1.54. The first-order chi connectivity index (χ1) is 5.07. The van der Waals surface area contributed by atoms with Crippen LogP contribution >= 0.6 is 0 Å². The van der Waals surface area contributed by atoms with Gasteiger partial charge in [-0.05, 0) is 5.16 Å². The summed E-state index contributed by atoms with van der Waals surface area (Å²) in [7, 11) is 1.29. The van der Waals surface area contributed by atoms with Gasteiger partial charge in [0.25, 0.3) is 0 Å². The van der Waals surface area contributed by atoms with Crippen LogP contribution in [0.15, 0.2) is 5.16 Å². The van der Waals surface area contributed by atoms with Crippen LogP contribution in [-0.2, 0) is 4.94 Å². The van der Waals surface area contributed by atoms with Crippen LogP contribution in [0.5, 0.6) is 0 Å². The highest BCUT2D eigenvalue weighted by Gasteiger charge is 2.05. The first-order valence-electron chi connectivity index (χ1n) is 2.58. The van der Waals surface area contributed by atoms with E-state index in [1.807, 2.05) is 0 Å². The summed E-state index contributed by atoms with van der Waals surface area (Å²) >= 11 is 0. The number of oxime groups is 1. The van der Waals surface area contributed by atoms with Crippen LogP contribution in [0, 0.1) is 0 Å². The summed E-state index contributed by atoms with van der Waals surface area (Å²) in [6.07, 6.45) is 0. The zero-order valence-corrected chi connectivity index (χ0v) is 5.94. The maximum Gasteiger partial charge on any atom is 0.366 e. The Balaban J connectivity index is 3.78. The summed E-state index contributed by atoms with van der Waals surface area (Å²) in [5.41, 5.74) is 11.6. The molecule has 0 bridgehead atoms. The second-order valence-electron chi connectivity index (χ2n) is 1.54. The minimum absolute atomic E-state index is 0.290. The third-order valence-electron chi connectivity index (χ3n) is 0.678. The predicted molar refractivity (Wildman–Crippen MR) is 37.4 cm³/mol. The van der Waals surface area contributed by atoms with E-state index < -0.39 is 6.03 Å². The molecular formula is C3H10N6O2. The van der Waals surface area contributed by atoms with Gasteiger partial charge in [-0.3, -0.25) is 10.4 Å². The molecule has 0 aromatic heterocycles. The number of hydrogen-bond donors (Lipinski definition) is 4. The van der Waals surface area contributed by atoms with Crippen molar-refractivity contribution in [2.75, 3.05) is 7.05 Å². The number of urea groups is 1. The molecule has 0 radical (unpaired) electrons. The molecule has 64 valence electrons. The van der Waals surface area contributed by atoms with Gasteiger partial charge in [-0.1, -0.05) is 0 Å². The molecule has 0 unspecified atom stereocenters. The van der Waals surface area contributed by atoms with Crippen molar-refractivity contribution in [1.82, 2.24) is 10.5 Å². The van der Waals surface area contributed by atoms with Gasteiger partial charge in [0.15, 0.2) is 0 Å². The smallest absolute Gasteiger partial charge is 0.366 e. The predicted octanol–water partition coefficient (Wildman–Crippen LogP) is -2.38. The van der Waals surface area contributed by atoms with Crippen LogP contribution in [-0.4, -0.2) is 24.1 Å². The molecule has 7 N–H and O–H groups in total. The normalized spacial score (nSPS) is 8.18. The van der Waals surface area contributed by atoms with E-state index in [2.05, 4.69) is 10.1 Å². The lowest BCUT2D eigenvalue weighted by molar-refractivity contribution is -0.0970. The number of hydrogen-bond acceptors (Lipinski definition) is 4. The molecule has 0 saturated carbocycles. The molecule has 0 aliphatic rings. The first-order valence-corrected chi connectivity index (χ1v) is 2.58. The van der Waals surface area contributed by atoms with Crippen molar-refractivity contribution in [1.29, 1.82) is 0 Å². The molecule has 2 amide bonds. The fourth-order valence-corrected chi connectivity index (χ4v) is 0.236. The Morgan fingerprint density at radius 1 is 1.64 bits per heavy atom. The van der Waals surface area contributed by atoms with Crippen LogP contribution in [0.3, 0.4) is 0 Å². The molecule has 0 fully saturated rings. The molecule has 0 aliphatic carbocycles. The minimum atomic E-state index is -0.671. The minimum Gasteiger partial charge on any atom is -0.367 e. The van der Waals surface area contributed by atoms with E-state index in [1.165, 1.54) is 7.05 Å². The molecule has 0 saturated heterocycles. The molecule has 0 spiro atoms. The van der Waals surface area contributed by atoms with Gasteiger partial charge in [-0.25, -0.2) is 10.6 Å². The van der Waals surface area contributed by atoms with Gasteiger partial charge in [0.1, 0.15) is 0 Å². The summed E-state index contributed by atoms with van der Waals surface area (Å²) < 4.78 is 0. The van der Waals surface area contributed by atoms with E-state index in [0.29, 0.717) is 0 Å². The van der Waals surface area contributed by atoms with Crippen molar-refractivity contribution in [3.05, 3.63) is 0 Å². The number of nitrogens with zero attached hydrogens (tertiary/aromatic N) is 2. The van der Waals surface area contributed by atoms with Gasteiger partial charge in [0.05, 0.1) is 7.05 Å². The highest BCUT2D eigenvalue weighted by molar-refractivity contribution is 5.75. The van der Waals surface area contributed by atoms with E-state index in [-0.39, 0.29) is 5.96 Å². The summed E-state index contributed by atoms with van der Waals surface area (Å²) in [6, 6.07) is -0.671. The van der Waals surface area contributed by atoms with Gasteiger partial charge >= 0.3 is 6.03 Å². The molecule has 8 heteroatoms. The number of nitrogens with one attached hydrogen (secondary N) is 1. The van der Waals surface area contributed by atoms with E-state index >= 15 is 0 Å². The maximum absolute atomic E-state index is 10.5. The number of hydrazine groups is 1. The van der Waals surface area contributed by atoms with Crippen LogP contribution in [0.1, 0.15) is 0 Å². The van der Waals surface area contributed by atoms with Gasteiger partial charge in [-0.2, -0.15) is 0 Å². The van der Waals surface area contributed by atoms with Crippen molar-refractivity contribution in [3.8, 4) is 0 Å². The molecule has 0 aromatic rings. The fraction of sp³-hybridized carbons (Fsp3) is 0.333. The third kappa shape index (κ3) is 3.81. The third-order valence-corrected chi connectivity index (χ3v) is 0.678. The number of hydroxylamine groups is 2. The van der Waals surface area contributed by atoms with Crippen molar-refractivity contribution < 1.29 is 9.73 Å². The second kappa shape index (κ2) is 4.17. The summed E-state index contributed by atoms with van der Waals surface area (Å²) in [6.45, 7) is 0. The lowest BCUT2D eigenvalue weighted by Crippen LogP contribution is -2.40. The zero-order chi connectivity index (χ0) is 8.85. The van der Waals surface area contributed by atoms with Crippen molar-refractivity contribution in [2.45, 2.75) is 0 Å². The van der Waals surface area contributed by atoms with Gasteiger partial charge < -0.3 is 11.5 Å². The van der Waals surface area contributed by atoms with Crippen molar-refractivity contribution in [2.24, 2.45) is 22.5 Å². The first kappa shape index (κ1) is 9.30. The molecule has 0 aliphatic heterocycles. The summed E-state index contributed by atoms with van der Waals surface area (Å²) in [4.78, 5) is 14.9. The molecule has 8 nitrogen and oxygen atoms in total. The number of carbonyl (C=O) groups is 1. The molecule has 0 heterocycles. The Kier molecular flexibility index (Phi) is 3.52. The quantitative estimate of drug-likeness (QED) is 0.118.